The number of likely N-dealkylation sites (N-methyl/N-ethyl adjacent to an activating group) is 1. The van der Waals surface area contributed by atoms with E-state index < -0.39 is 5.54 Å². The number of nitrogens with two attached hydrogens (primary N) is 1. The molecule has 0 bridgehead atoms. The molecule has 0 unspecified atom stereocenters. The van der Waals surface area contributed by atoms with Gasteiger partial charge in [-0.05, 0) is 31.9 Å². The van der Waals surface area contributed by atoms with E-state index in [9.17, 15) is 9.59 Å². The number of nitrogens with zero attached hydrogens (tertiary/aromatic N) is 1. The van der Waals surface area contributed by atoms with Gasteiger partial charge in [-0.2, -0.15) is 0 Å². The van der Waals surface area contributed by atoms with Crippen LogP contribution in [-0.4, -0.2) is 49.1 Å². The van der Waals surface area contributed by atoms with Gasteiger partial charge in [0.1, 0.15) is 0 Å². The molecule has 0 saturated carbocycles. The van der Waals surface area contributed by atoms with Crippen molar-refractivity contribution in [3.8, 4) is 0 Å². The first kappa shape index (κ1) is 16.5. The topological polar surface area (TPSA) is 84.7 Å². The monoisotopic (exact) mass is 305 g/mol. The lowest BCUT2D eigenvalue weighted by Crippen LogP contribution is -2.58. The van der Waals surface area contributed by atoms with Crippen molar-refractivity contribution in [2.24, 2.45) is 5.73 Å². The predicted molar refractivity (Wildman–Crippen MR) is 84.4 cm³/mol. The van der Waals surface area contributed by atoms with Crippen molar-refractivity contribution in [1.82, 2.24) is 4.90 Å². The molecule has 1 heterocycles. The zero-order valence-electron chi connectivity index (χ0n) is 13.1. The molecule has 2 amide bonds. The maximum absolute atomic E-state index is 12.4. The quantitative estimate of drug-likeness (QED) is 0.865. The number of amides is 2. The highest BCUT2D eigenvalue weighted by Gasteiger charge is 2.38. The Bertz CT molecular complexity index is 536. The van der Waals surface area contributed by atoms with E-state index in [0.717, 1.165) is 5.56 Å². The number of benzene rings is 1. The number of carbonyl (C=O) groups excluding carboxylic acids is 2. The van der Waals surface area contributed by atoms with E-state index in [4.69, 9.17) is 10.5 Å². The van der Waals surface area contributed by atoms with Crippen LogP contribution in [-0.2, 0) is 14.3 Å². The Balaban J connectivity index is 1.90. The molecule has 0 aliphatic carbocycles. The van der Waals surface area contributed by atoms with Gasteiger partial charge in [-0.1, -0.05) is 17.7 Å². The van der Waals surface area contributed by atoms with Crippen LogP contribution >= 0.6 is 0 Å². The van der Waals surface area contributed by atoms with E-state index in [2.05, 4.69) is 5.32 Å². The third-order valence-electron chi connectivity index (χ3n) is 3.87. The number of hydrogen-bond acceptors (Lipinski definition) is 4. The number of ether oxygens (including phenoxy) is 1. The average molecular weight is 305 g/mol. The van der Waals surface area contributed by atoms with Gasteiger partial charge >= 0.3 is 0 Å². The van der Waals surface area contributed by atoms with Crippen molar-refractivity contribution >= 4 is 17.5 Å². The second-order valence-electron chi connectivity index (χ2n) is 5.84. The second-order valence-corrected chi connectivity index (χ2v) is 5.84. The molecule has 1 aromatic carbocycles. The van der Waals surface area contributed by atoms with Crippen molar-refractivity contribution in [1.29, 1.82) is 0 Å². The number of carbonyl (C=O) groups is 2. The lowest BCUT2D eigenvalue weighted by atomic mass is 9.90. The summed E-state index contributed by atoms with van der Waals surface area (Å²) in [4.78, 5) is 25.8. The molecule has 6 heteroatoms. The summed E-state index contributed by atoms with van der Waals surface area (Å²) < 4.78 is 5.23. The summed E-state index contributed by atoms with van der Waals surface area (Å²) >= 11 is 0. The molecule has 1 aliphatic rings. The average Bonchev–Trinajstić information content (AvgIpc) is 2.49. The highest BCUT2D eigenvalue weighted by molar-refractivity contribution is 5.96. The van der Waals surface area contributed by atoms with Gasteiger partial charge in [0, 0.05) is 25.9 Å². The molecule has 120 valence electrons. The molecule has 6 nitrogen and oxygen atoms in total. The number of rotatable bonds is 4. The lowest BCUT2D eigenvalue weighted by molar-refractivity contribution is -0.141. The highest BCUT2D eigenvalue weighted by atomic mass is 16.5. The van der Waals surface area contributed by atoms with Crippen molar-refractivity contribution < 1.29 is 14.3 Å². The van der Waals surface area contributed by atoms with Gasteiger partial charge in [-0.25, -0.2) is 0 Å². The molecule has 1 aromatic rings. The fraction of sp³-hybridized carbons (Fsp3) is 0.500. The lowest BCUT2D eigenvalue weighted by Gasteiger charge is -2.35. The Morgan fingerprint density at radius 2 is 1.86 bits per heavy atom. The van der Waals surface area contributed by atoms with E-state index in [0.29, 0.717) is 31.7 Å². The molecule has 0 aromatic heterocycles. The Morgan fingerprint density at radius 3 is 2.45 bits per heavy atom. The maximum atomic E-state index is 12.4. The van der Waals surface area contributed by atoms with Crippen molar-refractivity contribution in [3.63, 3.8) is 0 Å². The van der Waals surface area contributed by atoms with Crippen molar-refractivity contribution in [2.75, 3.05) is 32.1 Å². The molecular weight excluding hydrogens is 282 g/mol. The van der Waals surface area contributed by atoms with Crippen LogP contribution in [0.15, 0.2) is 24.3 Å². The first-order valence-corrected chi connectivity index (χ1v) is 7.39. The van der Waals surface area contributed by atoms with Crippen molar-refractivity contribution in [3.05, 3.63) is 29.8 Å². The Labute approximate surface area is 130 Å². The molecule has 0 atom stereocenters. The van der Waals surface area contributed by atoms with Crippen LogP contribution in [0.5, 0.6) is 0 Å². The minimum Gasteiger partial charge on any atom is -0.381 e. The largest absolute Gasteiger partial charge is 0.381 e. The smallest absolute Gasteiger partial charge is 0.243 e. The third-order valence-corrected chi connectivity index (χ3v) is 3.87. The summed E-state index contributed by atoms with van der Waals surface area (Å²) in [5.74, 6) is -0.454. The van der Waals surface area contributed by atoms with E-state index >= 15 is 0 Å². The molecule has 0 spiro atoms. The molecule has 1 saturated heterocycles. The normalized spacial score (nSPS) is 16.9. The zero-order chi connectivity index (χ0) is 16.2. The molecule has 22 heavy (non-hydrogen) atoms. The van der Waals surface area contributed by atoms with Gasteiger partial charge in [0.2, 0.25) is 11.8 Å². The molecule has 0 radical (unpaired) electrons. The van der Waals surface area contributed by atoms with Crippen molar-refractivity contribution in [2.45, 2.75) is 25.3 Å². The van der Waals surface area contributed by atoms with E-state index in [1.54, 1.807) is 7.05 Å². The first-order valence-electron chi connectivity index (χ1n) is 7.39. The Kier molecular flexibility index (Phi) is 5.15. The fourth-order valence-electron chi connectivity index (χ4n) is 2.45. The third kappa shape index (κ3) is 4.05. The number of nitrogens with one attached hydrogen (secondary N) is 1. The van der Waals surface area contributed by atoms with Gasteiger partial charge in [0.25, 0.3) is 0 Å². The molecule has 1 aliphatic heterocycles. The minimum absolute atomic E-state index is 0.0213. The molecule has 1 fully saturated rings. The van der Waals surface area contributed by atoms with Crippen LogP contribution in [0.2, 0.25) is 0 Å². The van der Waals surface area contributed by atoms with Crippen LogP contribution in [0.1, 0.15) is 18.4 Å². The molecule has 2 rings (SSSR count). The van der Waals surface area contributed by atoms with Gasteiger partial charge in [-0.3, -0.25) is 9.59 Å². The standard InChI is InChI=1S/C16H23N3O3/c1-12-3-5-13(6-4-12)18-14(20)11-19(2)15(21)16(17)7-9-22-10-8-16/h3-6H,7-11,17H2,1-2H3,(H,18,20). The summed E-state index contributed by atoms with van der Waals surface area (Å²) in [7, 11) is 1.60. The summed E-state index contributed by atoms with van der Waals surface area (Å²) in [6.45, 7) is 2.91. The van der Waals surface area contributed by atoms with Crippen LogP contribution < -0.4 is 11.1 Å². The second kappa shape index (κ2) is 6.89. The number of hydrogen-bond donors (Lipinski definition) is 2. The van der Waals surface area contributed by atoms with Gasteiger partial charge < -0.3 is 20.7 Å². The Hall–Kier alpha value is -1.92. The highest BCUT2D eigenvalue weighted by Crippen LogP contribution is 2.20. The fourth-order valence-corrected chi connectivity index (χ4v) is 2.45. The van der Waals surface area contributed by atoms with E-state index in [1.807, 2.05) is 31.2 Å². The van der Waals surface area contributed by atoms with Crippen LogP contribution in [0, 0.1) is 6.92 Å². The summed E-state index contributed by atoms with van der Waals surface area (Å²) in [6, 6.07) is 7.50. The maximum Gasteiger partial charge on any atom is 0.243 e. The number of anilines is 1. The Morgan fingerprint density at radius 1 is 1.27 bits per heavy atom. The molecule has 3 N–H and O–H groups in total. The molecular formula is C16H23N3O3. The van der Waals surface area contributed by atoms with E-state index in [-0.39, 0.29) is 18.4 Å². The first-order chi connectivity index (χ1) is 10.4. The summed E-state index contributed by atoms with van der Waals surface area (Å²) in [5, 5.41) is 2.77. The van der Waals surface area contributed by atoms with E-state index in [1.165, 1.54) is 4.90 Å². The number of aryl methyl sites for hydroxylation is 1. The van der Waals surface area contributed by atoms with Gasteiger partial charge in [0.15, 0.2) is 0 Å². The van der Waals surface area contributed by atoms with Gasteiger partial charge in [-0.15, -0.1) is 0 Å². The van der Waals surface area contributed by atoms with Gasteiger partial charge in [0.05, 0.1) is 12.1 Å². The minimum atomic E-state index is -0.920. The summed E-state index contributed by atoms with van der Waals surface area (Å²) in [5.41, 5.74) is 7.06. The van der Waals surface area contributed by atoms with Crippen LogP contribution in [0.3, 0.4) is 0 Å². The van der Waals surface area contributed by atoms with Crippen LogP contribution in [0.25, 0.3) is 0 Å². The predicted octanol–water partition coefficient (Wildman–Crippen LogP) is 0.900. The zero-order valence-corrected chi connectivity index (χ0v) is 13.1. The summed E-state index contributed by atoms with van der Waals surface area (Å²) in [6.07, 6.45) is 0.964. The van der Waals surface area contributed by atoms with Crippen LogP contribution in [0.4, 0.5) is 5.69 Å². The SMILES string of the molecule is Cc1ccc(NC(=O)CN(C)C(=O)C2(N)CCOCC2)cc1.